The molecule has 2 aliphatic rings. The lowest BCUT2D eigenvalue weighted by atomic mass is 10.1. The van der Waals surface area contributed by atoms with E-state index in [-0.39, 0.29) is 21.2 Å². The van der Waals surface area contributed by atoms with E-state index in [4.69, 9.17) is 9.47 Å². The lowest BCUT2D eigenvalue weighted by Crippen LogP contribution is -3.61. The maximum atomic E-state index is 6.02. The Morgan fingerprint density at radius 2 is 0.962 bits per heavy atom. The summed E-state index contributed by atoms with van der Waals surface area (Å²) in [6.07, 6.45) is 11.7. The predicted molar refractivity (Wildman–Crippen MR) is 102 cm³/mol. The van der Waals surface area contributed by atoms with E-state index in [1.165, 1.54) is 76.1 Å². The van der Waals surface area contributed by atoms with Crippen LogP contribution in [0.2, 0.25) is 0 Å². The number of benzene rings is 2. The monoisotopic (exact) mass is 463 g/mol. The van der Waals surface area contributed by atoms with Crippen LogP contribution in [0, 0.1) is 7.14 Å². The molecule has 4 rings (SSSR count). The molecule has 0 saturated carbocycles. The zero-order valence-corrected chi connectivity index (χ0v) is 17.6. The lowest BCUT2D eigenvalue weighted by molar-refractivity contribution is -0.590. The van der Waals surface area contributed by atoms with Gasteiger partial charge in [-0.05, 0) is 37.1 Å². The second kappa shape index (κ2) is 9.12. The highest BCUT2D eigenvalue weighted by Crippen LogP contribution is 2.28. The van der Waals surface area contributed by atoms with Crippen LogP contribution in [0.3, 0.4) is 0 Å². The van der Waals surface area contributed by atoms with Crippen LogP contribution in [0.1, 0.15) is 57.8 Å². The number of hydrogen-bond donors (Lipinski definition) is 0. The minimum atomic E-state index is -0.130. The Morgan fingerprint density at radius 1 is 0.538 bits per heavy atom. The minimum absolute atomic E-state index is 0.130. The minimum Gasteiger partial charge on any atom is -0.493 e. The SMILES string of the molecule is c1cc2c3cc1OCCCCCCCCCCCOc1ccc-2c(c1)[I+]3. The number of ether oxygens (including phenoxy) is 2. The van der Waals surface area contributed by atoms with Crippen LogP contribution in [0.15, 0.2) is 36.4 Å². The van der Waals surface area contributed by atoms with Crippen LogP contribution in [0.4, 0.5) is 0 Å². The highest BCUT2D eigenvalue weighted by atomic mass is 127. The summed E-state index contributed by atoms with van der Waals surface area (Å²) in [6.45, 7) is 1.70. The maximum Gasteiger partial charge on any atom is 0.359 e. The Kier molecular flexibility index (Phi) is 6.36. The fourth-order valence-electron chi connectivity index (χ4n) is 3.70. The van der Waals surface area contributed by atoms with Crippen LogP contribution < -0.4 is 30.7 Å². The molecule has 0 amide bonds. The van der Waals surface area contributed by atoms with Crippen molar-refractivity contribution >= 4 is 0 Å². The molecule has 4 bridgehead atoms. The molecule has 0 saturated heterocycles. The molecule has 0 spiro atoms. The van der Waals surface area contributed by atoms with Gasteiger partial charge in [-0.15, -0.1) is 0 Å². The summed E-state index contributed by atoms with van der Waals surface area (Å²) in [5.74, 6) is 2.09. The molecule has 0 aliphatic carbocycles. The van der Waals surface area contributed by atoms with Gasteiger partial charge in [-0.3, -0.25) is 0 Å². The molecule has 0 radical (unpaired) electrons. The molecule has 3 heteroatoms. The molecular weight excluding hydrogens is 435 g/mol. The van der Waals surface area contributed by atoms with Gasteiger partial charge in [0.1, 0.15) is 11.5 Å². The Morgan fingerprint density at radius 3 is 1.42 bits per heavy atom. The van der Waals surface area contributed by atoms with Crippen molar-refractivity contribution in [1.29, 1.82) is 0 Å². The van der Waals surface area contributed by atoms with Gasteiger partial charge in [-0.25, -0.2) is 0 Å². The summed E-state index contributed by atoms with van der Waals surface area (Å²) >= 11 is -0.130. The van der Waals surface area contributed by atoms with Gasteiger partial charge < -0.3 is 9.47 Å². The summed E-state index contributed by atoms with van der Waals surface area (Å²) in [7, 11) is 0. The largest absolute Gasteiger partial charge is 0.493 e. The standard InChI is InChI=1S/C23H28IO2/c1-2-4-6-8-14-25-18-10-12-20-21-13-11-19(26-15-9-7-5-3-1)17-23(21)24-22(20)16-18/h10-13,16-17H,1-9,14-15H2/q+1. The summed E-state index contributed by atoms with van der Waals surface area (Å²) in [5.41, 5.74) is 2.80. The van der Waals surface area contributed by atoms with Crippen LogP contribution in [-0.2, 0) is 0 Å². The van der Waals surface area contributed by atoms with Gasteiger partial charge in [0.2, 0.25) is 7.14 Å². The molecule has 2 nitrogen and oxygen atoms in total. The van der Waals surface area contributed by atoms with E-state index in [1.54, 1.807) is 0 Å². The quantitative estimate of drug-likeness (QED) is 0.478. The van der Waals surface area contributed by atoms with Gasteiger partial charge in [0.25, 0.3) is 0 Å². The molecule has 0 unspecified atom stereocenters. The van der Waals surface area contributed by atoms with Crippen molar-refractivity contribution in [3.63, 3.8) is 0 Å². The first-order valence-corrected chi connectivity index (χ1v) is 12.2. The van der Waals surface area contributed by atoms with Crippen molar-refractivity contribution in [2.75, 3.05) is 13.2 Å². The normalized spacial score (nSPS) is 18.3. The van der Waals surface area contributed by atoms with E-state index in [1.807, 2.05) is 0 Å². The third-order valence-electron chi connectivity index (χ3n) is 5.20. The smallest absolute Gasteiger partial charge is 0.359 e. The van der Waals surface area contributed by atoms with E-state index in [9.17, 15) is 0 Å². The summed E-state index contributed by atoms with van der Waals surface area (Å²) < 4.78 is 15.0. The molecule has 0 fully saturated rings. The first-order chi connectivity index (χ1) is 12.9. The molecule has 138 valence electrons. The first-order valence-electron chi connectivity index (χ1n) is 10.1. The zero-order valence-electron chi connectivity index (χ0n) is 15.4. The van der Waals surface area contributed by atoms with Gasteiger partial charge in [-0.2, -0.15) is 0 Å². The first kappa shape index (κ1) is 18.1. The van der Waals surface area contributed by atoms with Crippen molar-refractivity contribution in [2.45, 2.75) is 57.8 Å². The molecule has 0 atom stereocenters. The van der Waals surface area contributed by atoms with E-state index >= 15 is 0 Å². The molecule has 2 heterocycles. The fourth-order valence-corrected chi connectivity index (χ4v) is 6.77. The third kappa shape index (κ3) is 4.54. The van der Waals surface area contributed by atoms with Crippen molar-refractivity contribution in [3.8, 4) is 22.6 Å². The average Bonchev–Trinajstić information content (AvgIpc) is 3.01. The molecular formula is C23H28IO2+. The predicted octanol–water partition coefficient (Wildman–Crippen LogP) is 3.08. The highest BCUT2D eigenvalue weighted by molar-refractivity contribution is 5.66. The van der Waals surface area contributed by atoms with Crippen LogP contribution in [0.25, 0.3) is 11.1 Å². The molecule has 0 N–H and O–H groups in total. The molecule has 26 heavy (non-hydrogen) atoms. The van der Waals surface area contributed by atoms with Gasteiger partial charge in [0, 0.05) is 23.3 Å². The van der Waals surface area contributed by atoms with Crippen molar-refractivity contribution in [3.05, 3.63) is 43.5 Å². The lowest BCUT2D eigenvalue weighted by Gasteiger charge is -2.06. The molecule has 2 aromatic carbocycles. The van der Waals surface area contributed by atoms with E-state index in [0.717, 1.165) is 24.7 Å². The number of hydrogen-bond acceptors (Lipinski definition) is 2. The topological polar surface area (TPSA) is 18.5 Å². The van der Waals surface area contributed by atoms with Gasteiger partial charge >= 0.3 is 21.2 Å². The number of rotatable bonds is 0. The molecule has 0 aromatic heterocycles. The second-order valence-corrected chi connectivity index (χ2v) is 10.1. The Labute approximate surface area is 167 Å². The van der Waals surface area contributed by atoms with E-state index in [0.29, 0.717) is 0 Å². The number of halogens is 1. The maximum absolute atomic E-state index is 6.02. The Bertz CT molecular complexity index is 679. The fraction of sp³-hybridized carbons (Fsp3) is 0.478. The van der Waals surface area contributed by atoms with Crippen LogP contribution in [-0.4, -0.2) is 13.2 Å². The average molecular weight is 463 g/mol. The van der Waals surface area contributed by atoms with E-state index in [2.05, 4.69) is 36.4 Å². The highest BCUT2D eigenvalue weighted by Gasteiger charge is 2.34. The second-order valence-electron chi connectivity index (χ2n) is 7.26. The van der Waals surface area contributed by atoms with Crippen molar-refractivity contribution < 1.29 is 30.7 Å². The Balaban J connectivity index is 1.48. The van der Waals surface area contributed by atoms with Gasteiger partial charge in [0.05, 0.1) is 13.2 Å². The van der Waals surface area contributed by atoms with Crippen molar-refractivity contribution in [2.24, 2.45) is 0 Å². The van der Waals surface area contributed by atoms with Gasteiger partial charge in [-0.1, -0.05) is 44.9 Å². The number of fused-ring (bicyclic) bond motifs is 3. The van der Waals surface area contributed by atoms with Crippen molar-refractivity contribution in [1.82, 2.24) is 0 Å². The van der Waals surface area contributed by atoms with E-state index < -0.39 is 0 Å². The van der Waals surface area contributed by atoms with Crippen LogP contribution >= 0.6 is 0 Å². The summed E-state index contributed by atoms with van der Waals surface area (Å²) in [6, 6.07) is 13.3. The summed E-state index contributed by atoms with van der Waals surface area (Å²) in [5, 5.41) is 0. The Hall–Kier alpha value is -1.23. The third-order valence-corrected chi connectivity index (χ3v) is 8.15. The van der Waals surface area contributed by atoms with Gasteiger partial charge in [0.15, 0.2) is 0 Å². The molecule has 2 aliphatic heterocycles. The molecule has 2 aromatic rings. The van der Waals surface area contributed by atoms with Crippen LogP contribution in [0.5, 0.6) is 11.5 Å². The zero-order chi connectivity index (χ0) is 17.6. The summed E-state index contributed by atoms with van der Waals surface area (Å²) in [4.78, 5) is 0.